The minimum Gasteiger partial charge on any atom is -0.328 e. The maximum Gasteiger partial charge on any atom is 0.119 e. The van der Waals surface area contributed by atoms with Crippen LogP contribution in [0, 0.1) is 0 Å². The van der Waals surface area contributed by atoms with Gasteiger partial charge in [-0.15, -0.1) is 0 Å². The molecule has 0 aliphatic heterocycles. The predicted molar refractivity (Wildman–Crippen MR) is 17.2 cm³/mol. The Hall–Kier alpha value is -0.0400. The van der Waals surface area contributed by atoms with E-state index in [9.17, 15) is 0 Å². The third-order valence-corrected chi connectivity index (χ3v) is 0.577. The van der Waals surface area contributed by atoms with Gasteiger partial charge in [0, 0.05) is 6.04 Å². The first kappa shape index (κ1) is 1.41. The fourth-order valence-corrected chi connectivity index (χ4v) is 0.0833. The van der Waals surface area contributed by atoms with Gasteiger partial charge in [-0.25, -0.2) is 0 Å². The van der Waals surface area contributed by atoms with Crippen LogP contribution >= 0.6 is 0 Å². The average Bonchev–Trinajstić information content (AvgIpc) is 2.12. The largest absolute Gasteiger partial charge is 0.328 e. The molecule has 1 fully saturated rings. The maximum atomic E-state index is 6.47. The third-order valence-electron chi connectivity index (χ3n) is 0.577. The highest BCUT2D eigenvalue weighted by Gasteiger charge is 2.13. The highest BCUT2D eigenvalue weighted by atomic mass is 14.7. The van der Waals surface area contributed by atoms with Crippen LogP contribution < -0.4 is 5.73 Å². The Bertz CT molecular complexity index is 33.9. The molecule has 0 amide bonds. The summed E-state index contributed by atoms with van der Waals surface area (Å²) in [5, 5.41) is 0. The summed E-state index contributed by atoms with van der Waals surface area (Å²) < 4.78 is 6.47. The predicted octanol–water partition coefficient (Wildman–Crippen LogP) is 0.107. The van der Waals surface area contributed by atoms with Gasteiger partial charge in [-0.1, -0.05) is 0 Å². The fourth-order valence-electron chi connectivity index (χ4n) is 0.0833. The van der Waals surface area contributed by atoms with E-state index in [0.29, 0.717) is 6.04 Å². The minimum atomic E-state index is 0.551. The van der Waals surface area contributed by atoms with Crippen LogP contribution in [0.5, 0.6) is 0 Å². The van der Waals surface area contributed by atoms with E-state index in [2.05, 4.69) is 5.73 Å². The van der Waals surface area contributed by atoms with Gasteiger partial charge in [0.15, 0.2) is 0 Å². The number of rotatable bonds is 1. The Balaban J connectivity index is 2.00. The van der Waals surface area contributed by atoms with Crippen molar-refractivity contribution in [3.63, 3.8) is 0 Å². The first-order valence-corrected chi connectivity index (χ1v) is 1.61. The lowest BCUT2D eigenvalue weighted by atomic mass is 10.8. The lowest BCUT2D eigenvalue weighted by Crippen LogP contribution is -1.94. The van der Waals surface area contributed by atoms with Crippen molar-refractivity contribution in [2.24, 2.45) is 5.73 Å². The van der Waals surface area contributed by atoms with Gasteiger partial charge in [0.05, 0.1) is 0 Å². The van der Waals surface area contributed by atoms with Gasteiger partial charge in [0.2, 0.25) is 0 Å². The molecule has 1 rings (SSSR count). The SMILES string of the molecule is [2H]NC1CC1. The van der Waals surface area contributed by atoms with Gasteiger partial charge in [-0.3, -0.25) is 0 Å². The molecule has 2 N–H and O–H groups in total. The van der Waals surface area contributed by atoms with Crippen molar-refractivity contribution in [3.8, 4) is 0 Å². The van der Waals surface area contributed by atoms with Crippen molar-refractivity contribution < 1.29 is 1.41 Å². The van der Waals surface area contributed by atoms with E-state index in [0.717, 1.165) is 0 Å². The molecule has 0 unspecified atom stereocenters. The van der Waals surface area contributed by atoms with Crippen molar-refractivity contribution in [2.45, 2.75) is 18.9 Å². The van der Waals surface area contributed by atoms with E-state index < -0.39 is 0 Å². The quantitative estimate of drug-likeness (QED) is 0.455. The van der Waals surface area contributed by atoms with Gasteiger partial charge in [-0.2, -0.15) is 0 Å². The molecule has 1 nitrogen and oxygen atoms in total. The van der Waals surface area contributed by atoms with Gasteiger partial charge < -0.3 is 5.73 Å². The Labute approximate surface area is 27.3 Å². The van der Waals surface area contributed by atoms with Gasteiger partial charge in [0.25, 0.3) is 0 Å². The second-order valence-electron chi connectivity index (χ2n) is 1.27. The van der Waals surface area contributed by atoms with Crippen LogP contribution in [0.25, 0.3) is 0 Å². The molecule has 1 aliphatic carbocycles. The molecule has 0 aromatic rings. The summed E-state index contributed by atoms with van der Waals surface area (Å²) in [7, 11) is 0. The number of nitrogens with two attached hydrogens (primary N) is 1. The maximum absolute atomic E-state index is 6.47. The van der Waals surface area contributed by atoms with Crippen LogP contribution in [0.3, 0.4) is 0 Å². The van der Waals surface area contributed by atoms with Crippen molar-refractivity contribution >= 4 is 0 Å². The highest BCUT2D eigenvalue weighted by molar-refractivity contribution is 4.75. The summed E-state index contributed by atoms with van der Waals surface area (Å²) in [6.07, 6.45) is 2.42. The van der Waals surface area contributed by atoms with Crippen molar-refractivity contribution in [1.29, 1.82) is 0 Å². The smallest absolute Gasteiger partial charge is 0.119 e. The summed E-state index contributed by atoms with van der Waals surface area (Å²) in [6, 6.07) is 0.551. The van der Waals surface area contributed by atoms with Crippen molar-refractivity contribution in [1.82, 2.24) is 0 Å². The van der Waals surface area contributed by atoms with E-state index in [-0.39, 0.29) is 0 Å². The first-order valence-electron chi connectivity index (χ1n) is 2.11. The summed E-state index contributed by atoms with van der Waals surface area (Å²) in [6.45, 7) is 0. The van der Waals surface area contributed by atoms with Crippen molar-refractivity contribution in [3.05, 3.63) is 0 Å². The summed E-state index contributed by atoms with van der Waals surface area (Å²) in [4.78, 5) is 0. The topological polar surface area (TPSA) is 26.0 Å². The molecule has 1 saturated carbocycles. The van der Waals surface area contributed by atoms with E-state index in [4.69, 9.17) is 1.41 Å². The third kappa shape index (κ3) is 0.206. The molecule has 0 radical (unpaired) electrons. The molecular weight excluding hydrogens is 50.0 g/mol. The molecule has 0 atom stereocenters. The minimum absolute atomic E-state index is 0.551. The second-order valence-corrected chi connectivity index (χ2v) is 1.27. The summed E-state index contributed by atoms with van der Waals surface area (Å²) in [5.74, 6) is 0. The molecule has 0 aromatic carbocycles. The zero-order chi connectivity index (χ0) is 3.70. The van der Waals surface area contributed by atoms with Crippen LogP contribution in [-0.4, -0.2) is 6.04 Å². The van der Waals surface area contributed by atoms with Crippen LogP contribution in [0.4, 0.5) is 0 Å². The molecule has 1 aliphatic rings. The summed E-state index contributed by atoms with van der Waals surface area (Å²) in [5.41, 5.74) is 2.39. The van der Waals surface area contributed by atoms with Crippen LogP contribution in [0.2, 0.25) is 1.41 Å². The van der Waals surface area contributed by atoms with Crippen LogP contribution in [-0.2, 0) is 0 Å². The molecule has 1 heteroatoms. The first-order chi connectivity index (χ1) is 2.43. The standard InChI is InChI=1S/C3H7N/c4-3-1-2-3/h3H,1-2,4H2/i/hD. The highest BCUT2D eigenvalue weighted by Crippen LogP contribution is 2.13. The van der Waals surface area contributed by atoms with Crippen LogP contribution in [0.1, 0.15) is 12.8 Å². The zero-order valence-corrected chi connectivity index (χ0v) is 2.49. The lowest BCUT2D eigenvalue weighted by molar-refractivity contribution is 1.07. The Morgan fingerprint density at radius 1 is 2.00 bits per heavy atom. The van der Waals surface area contributed by atoms with Crippen molar-refractivity contribution in [2.75, 3.05) is 0 Å². The molecule has 0 heterocycles. The average molecular weight is 58.1 g/mol. The summed E-state index contributed by atoms with van der Waals surface area (Å²) >= 11 is 0. The Morgan fingerprint density at radius 2 is 2.75 bits per heavy atom. The number of hydrogen-bond donors (Lipinski definition) is 1. The van der Waals surface area contributed by atoms with E-state index in [1.54, 1.807) is 0 Å². The molecule has 0 bridgehead atoms. The van der Waals surface area contributed by atoms with E-state index >= 15 is 0 Å². The molecule has 24 valence electrons. The molecule has 4 heavy (non-hydrogen) atoms. The Morgan fingerprint density at radius 3 is 2.75 bits per heavy atom. The number of hydrogen-bond acceptors (Lipinski definition) is 1. The van der Waals surface area contributed by atoms with E-state index in [1.807, 2.05) is 0 Å². The Kier molecular flexibility index (Phi) is 0.163. The normalized spacial score (nSPS) is 29.5. The van der Waals surface area contributed by atoms with Crippen LogP contribution in [0.15, 0.2) is 0 Å². The second kappa shape index (κ2) is 0.462. The molecule has 0 saturated heterocycles. The van der Waals surface area contributed by atoms with E-state index in [1.165, 1.54) is 12.8 Å². The monoisotopic (exact) mass is 58.1 g/mol. The zero-order valence-electron chi connectivity index (χ0n) is 3.49. The van der Waals surface area contributed by atoms with Gasteiger partial charge in [0.1, 0.15) is 1.41 Å². The molecule has 0 aromatic heterocycles. The lowest BCUT2D eigenvalue weighted by Gasteiger charge is -1.58. The molecular formula is C3H7N. The fraction of sp³-hybridized carbons (Fsp3) is 1.00. The van der Waals surface area contributed by atoms with Gasteiger partial charge in [-0.05, 0) is 12.8 Å². The van der Waals surface area contributed by atoms with Gasteiger partial charge >= 0.3 is 0 Å². The molecule has 0 spiro atoms.